The maximum absolute atomic E-state index is 12.8. The van der Waals surface area contributed by atoms with E-state index in [1.54, 1.807) is 0 Å². The van der Waals surface area contributed by atoms with E-state index in [4.69, 9.17) is 9.47 Å². The van der Waals surface area contributed by atoms with Crippen molar-refractivity contribution >= 4 is 5.91 Å². The smallest absolute Gasteiger partial charge is 0.286 e. The number of aliphatic hydroxyl groups excluding tert-OH is 1. The number of ether oxygens (including phenoxy) is 2. The van der Waals surface area contributed by atoms with Crippen LogP contribution < -0.4 is 5.32 Å². The van der Waals surface area contributed by atoms with Gasteiger partial charge in [0, 0.05) is 31.1 Å². The van der Waals surface area contributed by atoms with E-state index in [9.17, 15) is 9.90 Å². The lowest BCUT2D eigenvalue weighted by atomic mass is 9.80. The summed E-state index contributed by atoms with van der Waals surface area (Å²) in [5.74, 6) is 0.289. The number of allylic oxidation sites excluding steroid dienone is 1. The zero-order valence-electron chi connectivity index (χ0n) is 16.1. The third-order valence-corrected chi connectivity index (χ3v) is 5.51. The van der Waals surface area contributed by atoms with Gasteiger partial charge in [0.25, 0.3) is 5.91 Å². The molecule has 1 aromatic rings. The first-order valence-corrected chi connectivity index (χ1v) is 10.2. The van der Waals surface area contributed by atoms with Crippen molar-refractivity contribution in [3.63, 3.8) is 0 Å². The minimum atomic E-state index is -0.485. The van der Waals surface area contributed by atoms with Crippen molar-refractivity contribution in [2.75, 3.05) is 13.2 Å². The molecule has 1 aromatic carbocycles. The number of carbonyl (C=O) groups is 1. The molecule has 2 aliphatic rings. The number of amides is 1. The standard InChI is InChI=1S/C22H31NO4/c1-2-26-22-18(13-8-14-24)19(16-9-4-3-5-10-16)15-20(27-22)21(25)23-17-11-6-7-12-17/h3-5,9-10,15,17-19,22,24H,2,6-8,11-14H2,1H3,(H,23,25)/t18-,19-,22-/m1/s1. The third kappa shape index (κ3) is 5.11. The molecule has 1 saturated carbocycles. The fourth-order valence-electron chi connectivity index (χ4n) is 4.15. The minimum Gasteiger partial charge on any atom is -0.459 e. The molecule has 148 valence electrons. The van der Waals surface area contributed by atoms with Crippen LogP contribution in [0.3, 0.4) is 0 Å². The van der Waals surface area contributed by atoms with Crippen molar-refractivity contribution in [1.82, 2.24) is 5.32 Å². The molecule has 0 aromatic heterocycles. The van der Waals surface area contributed by atoms with Crippen molar-refractivity contribution in [3.05, 3.63) is 47.7 Å². The van der Waals surface area contributed by atoms with Gasteiger partial charge in [0.2, 0.25) is 6.29 Å². The van der Waals surface area contributed by atoms with Crippen LogP contribution in [-0.2, 0) is 14.3 Å². The highest BCUT2D eigenvalue weighted by molar-refractivity contribution is 5.92. The van der Waals surface area contributed by atoms with E-state index in [1.807, 2.05) is 31.2 Å². The lowest BCUT2D eigenvalue weighted by molar-refractivity contribution is -0.166. The molecule has 1 fully saturated rings. The van der Waals surface area contributed by atoms with Crippen molar-refractivity contribution in [1.29, 1.82) is 0 Å². The van der Waals surface area contributed by atoms with Gasteiger partial charge in [-0.25, -0.2) is 0 Å². The summed E-state index contributed by atoms with van der Waals surface area (Å²) in [6, 6.07) is 10.4. The summed E-state index contributed by atoms with van der Waals surface area (Å²) < 4.78 is 11.9. The average molecular weight is 373 g/mol. The molecule has 1 amide bonds. The average Bonchev–Trinajstić information content (AvgIpc) is 3.20. The van der Waals surface area contributed by atoms with Crippen LogP contribution in [0.25, 0.3) is 0 Å². The molecule has 0 spiro atoms. The number of hydrogen-bond acceptors (Lipinski definition) is 4. The zero-order valence-corrected chi connectivity index (χ0v) is 16.1. The first-order valence-electron chi connectivity index (χ1n) is 10.2. The molecule has 0 unspecified atom stereocenters. The Labute approximate surface area is 161 Å². The molecule has 27 heavy (non-hydrogen) atoms. The zero-order chi connectivity index (χ0) is 19.1. The van der Waals surface area contributed by atoms with E-state index < -0.39 is 6.29 Å². The Kier molecular flexibility index (Phi) is 7.30. The van der Waals surface area contributed by atoms with Gasteiger partial charge in [-0.3, -0.25) is 4.79 Å². The molecule has 5 nitrogen and oxygen atoms in total. The number of carbonyl (C=O) groups excluding carboxylic acids is 1. The van der Waals surface area contributed by atoms with Crippen LogP contribution in [0.4, 0.5) is 0 Å². The van der Waals surface area contributed by atoms with E-state index in [2.05, 4.69) is 17.4 Å². The maximum atomic E-state index is 12.8. The summed E-state index contributed by atoms with van der Waals surface area (Å²) in [4.78, 5) is 12.8. The van der Waals surface area contributed by atoms with Gasteiger partial charge in [0.05, 0.1) is 0 Å². The Balaban J connectivity index is 1.85. The van der Waals surface area contributed by atoms with Crippen molar-refractivity contribution in [2.45, 2.75) is 63.7 Å². The summed E-state index contributed by atoms with van der Waals surface area (Å²) in [7, 11) is 0. The normalized spacial score (nSPS) is 25.7. The van der Waals surface area contributed by atoms with Crippen LogP contribution in [0, 0.1) is 5.92 Å². The Bertz CT molecular complexity index is 624. The molecule has 2 N–H and O–H groups in total. The number of hydrogen-bond donors (Lipinski definition) is 2. The highest BCUT2D eigenvalue weighted by atomic mass is 16.7. The van der Waals surface area contributed by atoms with E-state index in [1.165, 1.54) is 12.8 Å². The Morgan fingerprint density at radius 1 is 1.26 bits per heavy atom. The molecule has 0 radical (unpaired) electrons. The predicted molar refractivity (Wildman–Crippen MR) is 104 cm³/mol. The van der Waals surface area contributed by atoms with Crippen LogP contribution in [0.5, 0.6) is 0 Å². The Morgan fingerprint density at radius 3 is 2.67 bits per heavy atom. The second-order valence-electron chi connectivity index (χ2n) is 7.39. The van der Waals surface area contributed by atoms with Crippen LogP contribution in [0.15, 0.2) is 42.2 Å². The van der Waals surface area contributed by atoms with Gasteiger partial charge in [-0.05, 0) is 44.2 Å². The minimum absolute atomic E-state index is 0.0207. The molecule has 1 heterocycles. The van der Waals surface area contributed by atoms with E-state index >= 15 is 0 Å². The van der Waals surface area contributed by atoms with Crippen molar-refractivity contribution in [3.8, 4) is 0 Å². The van der Waals surface area contributed by atoms with Crippen molar-refractivity contribution < 1.29 is 19.4 Å². The predicted octanol–water partition coefficient (Wildman–Crippen LogP) is 3.49. The molecule has 3 atom stereocenters. The first-order chi connectivity index (χ1) is 13.2. The Hall–Kier alpha value is -1.85. The summed E-state index contributed by atoms with van der Waals surface area (Å²) in [6.07, 6.45) is 7.32. The second kappa shape index (κ2) is 9.90. The monoisotopic (exact) mass is 373 g/mol. The molecule has 5 heteroatoms. The highest BCUT2D eigenvalue weighted by Crippen LogP contribution is 2.39. The molecule has 1 aliphatic carbocycles. The number of rotatable bonds is 8. The highest BCUT2D eigenvalue weighted by Gasteiger charge is 2.38. The van der Waals surface area contributed by atoms with Crippen LogP contribution >= 0.6 is 0 Å². The maximum Gasteiger partial charge on any atom is 0.286 e. The molecule has 3 rings (SSSR count). The van der Waals surface area contributed by atoms with Crippen LogP contribution in [0.2, 0.25) is 0 Å². The van der Waals surface area contributed by atoms with Gasteiger partial charge in [0.15, 0.2) is 5.76 Å². The molecular formula is C22H31NO4. The summed E-state index contributed by atoms with van der Waals surface area (Å²) >= 11 is 0. The third-order valence-electron chi connectivity index (χ3n) is 5.51. The van der Waals surface area contributed by atoms with Crippen molar-refractivity contribution in [2.24, 2.45) is 5.92 Å². The van der Waals surface area contributed by atoms with Crippen LogP contribution in [-0.4, -0.2) is 36.6 Å². The summed E-state index contributed by atoms with van der Waals surface area (Å²) in [5.41, 5.74) is 1.14. The van der Waals surface area contributed by atoms with Gasteiger partial charge in [-0.2, -0.15) is 0 Å². The fourth-order valence-corrected chi connectivity index (χ4v) is 4.15. The van der Waals surface area contributed by atoms with Crippen LogP contribution in [0.1, 0.15) is 56.9 Å². The number of benzene rings is 1. The first kappa shape index (κ1) is 19.9. The van der Waals surface area contributed by atoms with E-state index in [-0.39, 0.29) is 30.4 Å². The van der Waals surface area contributed by atoms with E-state index in [0.717, 1.165) is 24.8 Å². The van der Waals surface area contributed by atoms with Gasteiger partial charge < -0.3 is 19.9 Å². The summed E-state index contributed by atoms with van der Waals surface area (Å²) in [5, 5.41) is 12.4. The van der Waals surface area contributed by atoms with Gasteiger partial charge in [-0.1, -0.05) is 43.2 Å². The molecular weight excluding hydrogens is 342 g/mol. The molecule has 0 saturated heterocycles. The Morgan fingerprint density at radius 2 is 2.00 bits per heavy atom. The van der Waals surface area contributed by atoms with E-state index in [0.29, 0.717) is 18.8 Å². The largest absolute Gasteiger partial charge is 0.459 e. The van der Waals surface area contributed by atoms with Gasteiger partial charge in [-0.15, -0.1) is 0 Å². The molecule has 0 bridgehead atoms. The SMILES string of the molecule is CCO[C@@H]1OC(C(=O)NC2CCCC2)=C[C@H](c2ccccc2)[C@H]1CCCO. The van der Waals surface area contributed by atoms with Gasteiger partial charge in [0.1, 0.15) is 0 Å². The second-order valence-corrected chi connectivity index (χ2v) is 7.39. The topological polar surface area (TPSA) is 67.8 Å². The quantitative estimate of drug-likeness (QED) is 0.732. The number of nitrogens with one attached hydrogen (secondary N) is 1. The fraction of sp³-hybridized carbons (Fsp3) is 0.591. The van der Waals surface area contributed by atoms with Gasteiger partial charge >= 0.3 is 0 Å². The lowest BCUT2D eigenvalue weighted by Gasteiger charge is -2.37. The number of aliphatic hydroxyl groups is 1. The molecule has 1 aliphatic heterocycles. The summed E-state index contributed by atoms with van der Waals surface area (Å²) in [6.45, 7) is 2.58. The lowest BCUT2D eigenvalue weighted by Crippen LogP contribution is -2.41.